The molecule has 0 aromatic carbocycles. The van der Waals surface area contributed by atoms with E-state index in [9.17, 15) is 9.59 Å². The van der Waals surface area contributed by atoms with E-state index in [-0.39, 0.29) is 17.2 Å². The zero-order valence-corrected chi connectivity index (χ0v) is 11.9. The standard InChI is InChI=1S/C14H15NO3S/c1-9(2)15-13(16)12(19-14(15)17)8-10(3)7-11-5-4-6-18-11/h4-9H,1-3H3/b10-7+,12-8+. The van der Waals surface area contributed by atoms with Gasteiger partial charge in [0.1, 0.15) is 5.76 Å². The van der Waals surface area contributed by atoms with Crippen molar-refractivity contribution in [2.24, 2.45) is 0 Å². The van der Waals surface area contributed by atoms with Crippen molar-refractivity contribution in [3.63, 3.8) is 0 Å². The van der Waals surface area contributed by atoms with E-state index in [1.165, 1.54) is 4.90 Å². The van der Waals surface area contributed by atoms with Crippen LogP contribution in [0.1, 0.15) is 26.5 Å². The van der Waals surface area contributed by atoms with Gasteiger partial charge in [0.25, 0.3) is 11.1 Å². The van der Waals surface area contributed by atoms with Crippen LogP contribution in [0.4, 0.5) is 4.79 Å². The summed E-state index contributed by atoms with van der Waals surface area (Å²) < 4.78 is 5.20. The van der Waals surface area contributed by atoms with E-state index < -0.39 is 0 Å². The highest BCUT2D eigenvalue weighted by atomic mass is 32.2. The maximum absolute atomic E-state index is 12.1. The lowest BCUT2D eigenvalue weighted by atomic mass is 10.2. The Bertz CT molecular complexity index is 555. The molecule has 2 rings (SSSR count). The molecule has 1 aliphatic rings. The summed E-state index contributed by atoms with van der Waals surface area (Å²) in [6.07, 6.45) is 5.13. The smallest absolute Gasteiger partial charge is 0.293 e. The normalized spacial score (nSPS) is 19.1. The van der Waals surface area contributed by atoms with E-state index in [1.54, 1.807) is 18.4 Å². The average Bonchev–Trinajstić information content (AvgIpc) is 2.88. The van der Waals surface area contributed by atoms with Crippen LogP contribution >= 0.6 is 11.8 Å². The predicted molar refractivity (Wildman–Crippen MR) is 75.4 cm³/mol. The van der Waals surface area contributed by atoms with Crippen LogP contribution in [0.2, 0.25) is 0 Å². The van der Waals surface area contributed by atoms with Crippen LogP contribution in [0, 0.1) is 0 Å². The number of thioether (sulfide) groups is 1. The van der Waals surface area contributed by atoms with Gasteiger partial charge in [-0.3, -0.25) is 14.5 Å². The lowest BCUT2D eigenvalue weighted by Crippen LogP contribution is -2.34. The van der Waals surface area contributed by atoms with Gasteiger partial charge in [-0.1, -0.05) is 0 Å². The molecule has 1 aliphatic heterocycles. The van der Waals surface area contributed by atoms with Gasteiger partial charge in [0.05, 0.1) is 11.2 Å². The second-order valence-electron chi connectivity index (χ2n) is 4.55. The van der Waals surface area contributed by atoms with Crippen molar-refractivity contribution in [1.82, 2.24) is 4.90 Å². The number of imide groups is 1. The van der Waals surface area contributed by atoms with E-state index in [2.05, 4.69) is 0 Å². The maximum atomic E-state index is 12.1. The molecule has 0 spiro atoms. The molecule has 5 heteroatoms. The summed E-state index contributed by atoms with van der Waals surface area (Å²) in [6, 6.07) is 3.51. The van der Waals surface area contributed by atoms with E-state index in [1.807, 2.05) is 32.9 Å². The predicted octanol–water partition coefficient (Wildman–Crippen LogP) is 3.67. The second kappa shape index (κ2) is 5.48. The Balaban J connectivity index is 2.21. The highest BCUT2D eigenvalue weighted by Crippen LogP contribution is 2.32. The van der Waals surface area contributed by atoms with Crippen LogP contribution in [-0.2, 0) is 4.79 Å². The number of nitrogens with zero attached hydrogens (tertiary/aromatic N) is 1. The summed E-state index contributed by atoms with van der Waals surface area (Å²) in [5.74, 6) is 0.494. The number of carbonyl (C=O) groups is 2. The van der Waals surface area contributed by atoms with Gasteiger partial charge in [0.2, 0.25) is 0 Å². The van der Waals surface area contributed by atoms with Gasteiger partial charge in [-0.05, 0) is 62.4 Å². The van der Waals surface area contributed by atoms with Gasteiger partial charge in [-0.25, -0.2) is 0 Å². The monoisotopic (exact) mass is 277 g/mol. The summed E-state index contributed by atoms with van der Waals surface area (Å²) in [4.78, 5) is 25.5. The van der Waals surface area contributed by atoms with Crippen molar-refractivity contribution >= 4 is 29.0 Å². The van der Waals surface area contributed by atoms with Crippen LogP contribution in [-0.4, -0.2) is 22.1 Å². The van der Waals surface area contributed by atoms with Gasteiger partial charge in [0.15, 0.2) is 0 Å². The van der Waals surface area contributed by atoms with E-state index >= 15 is 0 Å². The first-order chi connectivity index (χ1) is 8.99. The molecule has 1 aromatic heterocycles. The molecule has 0 radical (unpaired) electrons. The van der Waals surface area contributed by atoms with Crippen LogP contribution in [0.25, 0.3) is 6.08 Å². The number of hydrogen-bond acceptors (Lipinski definition) is 4. The molecule has 0 unspecified atom stereocenters. The third-order valence-corrected chi connectivity index (χ3v) is 3.50. The summed E-state index contributed by atoms with van der Waals surface area (Å²) in [7, 11) is 0. The zero-order valence-electron chi connectivity index (χ0n) is 11.0. The lowest BCUT2D eigenvalue weighted by molar-refractivity contribution is -0.123. The molecule has 1 aromatic rings. The molecule has 100 valence electrons. The molecule has 1 saturated heterocycles. The number of allylic oxidation sites excluding steroid dienone is 2. The summed E-state index contributed by atoms with van der Waals surface area (Å²) in [5, 5.41) is -0.211. The largest absolute Gasteiger partial charge is 0.465 e. The first-order valence-corrected chi connectivity index (χ1v) is 6.79. The van der Waals surface area contributed by atoms with Crippen molar-refractivity contribution in [2.75, 3.05) is 0 Å². The third-order valence-electron chi connectivity index (χ3n) is 2.61. The van der Waals surface area contributed by atoms with Crippen LogP contribution in [0.5, 0.6) is 0 Å². The SMILES string of the molecule is CC(=C\c1ccco1)/C=C1/SC(=O)N(C(C)C)C1=O. The Hall–Kier alpha value is -1.75. The minimum atomic E-state index is -0.225. The van der Waals surface area contributed by atoms with Gasteiger partial charge >= 0.3 is 0 Å². The van der Waals surface area contributed by atoms with Crippen LogP contribution in [0.15, 0.2) is 39.4 Å². The Labute approximate surface area is 116 Å². The molecule has 2 heterocycles. The number of rotatable bonds is 3. The van der Waals surface area contributed by atoms with Gasteiger partial charge in [-0.2, -0.15) is 0 Å². The molecule has 0 atom stereocenters. The fourth-order valence-electron chi connectivity index (χ4n) is 1.77. The first-order valence-electron chi connectivity index (χ1n) is 5.98. The van der Waals surface area contributed by atoms with Crippen molar-refractivity contribution in [2.45, 2.75) is 26.8 Å². The molecule has 2 amide bonds. The Morgan fingerprint density at radius 3 is 2.68 bits per heavy atom. The van der Waals surface area contributed by atoms with Crippen LogP contribution < -0.4 is 0 Å². The highest BCUT2D eigenvalue weighted by molar-refractivity contribution is 8.18. The number of hydrogen-bond donors (Lipinski definition) is 0. The van der Waals surface area contributed by atoms with E-state index in [4.69, 9.17) is 4.42 Å². The first kappa shape index (κ1) is 13.7. The number of amides is 2. The number of furan rings is 1. The van der Waals surface area contributed by atoms with Crippen molar-refractivity contribution < 1.29 is 14.0 Å². The average molecular weight is 277 g/mol. The lowest BCUT2D eigenvalue weighted by Gasteiger charge is -2.16. The minimum Gasteiger partial charge on any atom is -0.465 e. The Kier molecular flexibility index (Phi) is 3.95. The fraction of sp³-hybridized carbons (Fsp3) is 0.286. The Morgan fingerprint density at radius 1 is 1.42 bits per heavy atom. The summed E-state index contributed by atoms with van der Waals surface area (Å²) in [5.41, 5.74) is 0.865. The van der Waals surface area contributed by atoms with Crippen molar-refractivity contribution in [1.29, 1.82) is 0 Å². The van der Waals surface area contributed by atoms with E-state index in [0.29, 0.717) is 4.91 Å². The highest BCUT2D eigenvalue weighted by Gasteiger charge is 2.36. The van der Waals surface area contributed by atoms with Gasteiger partial charge in [0, 0.05) is 6.04 Å². The molecule has 4 nitrogen and oxygen atoms in total. The molecule has 0 saturated carbocycles. The van der Waals surface area contributed by atoms with E-state index in [0.717, 1.165) is 23.1 Å². The molecule has 0 N–H and O–H groups in total. The molecular weight excluding hydrogens is 262 g/mol. The maximum Gasteiger partial charge on any atom is 0.293 e. The molecule has 0 aliphatic carbocycles. The summed E-state index contributed by atoms with van der Waals surface area (Å²) in [6.45, 7) is 5.52. The van der Waals surface area contributed by atoms with Crippen molar-refractivity contribution in [3.05, 3.63) is 40.7 Å². The summed E-state index contributed by atoms with van der Waals surface area (Å²) >= 11 is 0.978. The molecule has 0 bridgehead atoms. The molecule has 19 heavy (non-hydrogen) atoms. The quantitative estimate of drug-likeness (QED) is 0.791. The third kappa shape index (κ3) is 2.98. The van der Waals surface area contributed by atoms with Crippen LogP contribution in [0.3, 0.4) is 0 Å². The minimum absolute atomic E-state index is 0.118. The number of carbonyl (C=O) groups excluding carboxylic acids is 2. The fourth-order valence-corrected chi connectivity index (χ4v) is 2.78. The molecular formula is C14H15NO3S. The Morgan fingerprint density at radius 2 is 2.16 bits per heavy atom. The second-order valence-corrected chi connectivity index (χ2v) is 5.54. The topological polar surface area (TPSA) is 50.5 Å². The molecule has 1 fully saturated rings. The van der Waals surface area contributed by atoms with Crippen molar-refractivity contribution in [3.8, 4) is 0 Å². The van der Waals surface area contributed by atoms with Gasteiger partial charge in [-0.15, -0.1) is 0 Å². The van der Waals surface area contributed by atoms with Gasteiger partial charge < -0.3 is 4.42 Å². The zero-order chi connectivity index (χ0) is 14.0.